The zero-order valence-corrected chi connectivity index (χ0v) is 12.7. The van der Waals surface area contributed by atoms with Gasteiger partial charge in [-0.25, -0.2) is 4.79 Å². The average molecular weight is 345 g/mol. The maximum atomic E-state index is 11.5. The minimum atomic E-state index is 0.0774. The van der Waals surface area contributed by atoms with Crippen molar-refractivity contribution in [3.05, 3.63) is 33.3 Å². The third-order valence-corrected chi connectivity index (χ3v) is 4.73. The fraction of sp³-hybridized carbons (Fsp3) is 0.462. The van der Waals surface area contributed by atoms with Crippen molar-refractivity contribution in [3.63, 3.8) is 0 Å². The Morgan fingerprint density at radius 3 is 3.11 bits per heavy atom. The van der Waals surface area contributed by atoms with Gasteiger partial charge in [0.25, 0.3) is 0 Å². The second-order valence-electron chi connectivity index (χ2n) is 5.00. The molecule has 19 heavy (non-hydrogen) atoms. The lowest BCUT2D eigenvalue weighted by Crippen LogP contribution is -2.51. The first-order valence-corrected chi connectivity index (χ1v) is 7.51. The highest BCUT2D eigenvalue weighted by Crippen LogP contribution is 2.24. The molecule has 2 heterocycles. The summed E-state index contributed by atoms with van der Waals surface area (Å²) in [5.41, 5.74) is 1.19. The monoisotopic (exact) mass is 343 g/mol. The Labute approximate surface area is 125 Å². The van der Waals surface area contributed by atoms with Crippen LogP contribution in [0, 0.1) is 0 Å². The van der Waals surface area contributed by atoms with E-state index < -0.39 is 0 Å². The van der Waals surface area contributed by atoms with Gasteiger partial charge in [-0.15, -0.1) is 0 Å². The number of nitrogens with zero attached hydrogens (tertiary/aromatic N) is 2. The van der Waals surface area contributed by atoms with Crippen molar-refractivity contribution in [1.29, 1.82) is 0 Å². The number of halogens is 2. The minimum absolute atomic E-state index is 0.0774. The molecule has 1 aromatic rings. The van der Waals surface area contributed by atoms with E-state index in [0.29, 0.717) is 6.04 Å². The third-order valence-electron chi connectivity index (χ3n) is 3.72. The summed E-state index contributed by atoms with van der Waals surface area (Å²) in [7, 11) is 0. The van der Waals surface area contributed by atoms with E-state index in [1.807, 2.05) is 23.1 Å². The Balaban J connectivity index is 1.68. The van der Waals surface area contributed by atoms with Crippen LogP contribution in [0.2, 0.25) is 5.02 Å². The van der Waals surface area contributed by atoms with Crippen LogP contribution < -0.4 is 5.32 Å². The van der Waals surface area contributed by atoms with Crippen LogP contribution >= 0.6 is 27.5 Å². The fourth-order valence-corrected chi connectivity index (χ4v) is 3.28. The molecule has 0 aromatic heterocycles. The molecule has 2 amide bonds. The lowest BCUT2D eigenvalue weighted by molar-refractivity contribution is 0.116. The van der Waals surface area contributed by atoms with Crippen molar-refractivity contribution in [2.24, 2.45) is 0 Å². The van der Waals surface area contributed by atoms with E-state index in [9.17, 15) is 4.79 Å². The molecule has 0 aliphatic carbocycles. The third kappa shape index (κ3) is 2.73. The van der Waals surface area contributed by atoms with Crippen LogP contribution in [0.3, 0.4) is 0 Å². The fourth-order valence-electron chi connectivity index (χ4n) is 2.72. The molecule has 4 nitrogen and oxygen atoms in total. The Morgan fingerprint density at radius 2 is 2.26 bits per heavy atom. The van der Waals surface area contributed by atoms with Gasteiger partial charge in [-0.1, -0.05) is 27.5 Å². The summed E-state index contributed by atoms with van der Waals surface area (Å²) in [6.45, 7) is 4.24. The molecule has 0 saturated carbocycles. The quantitative estimate of drug-likeness (QED) is 0.893. The van der Waals surface area contributed by atoms with Crippen molar-refractivity contribution in [3.8, 4) is 0 Å². The maximum absolute atomic E-state index is 11.5. The van der Waals surface area contributed by atoms with Gasteiger partial charge in [0.15, 0.2) is 0 Å². The molecule has 0 bridgehead atoms. The highest BCUT2D eigenvalue weighted by molar-refractivity contribution is 9.10. The van der Waals surface area contributed by atoms with E-state index in [4.69, 9.17) is 11.6 Å². The van der Waals surface area contributed by atoms with Crippen molar-refractivity contribution < 1.29 is 4.79 Å². The zero-order valence-electron chi connectivity index (χ0n) is 10.4. The summed E-state index contributed by atoms with van der Waals surface area (Å²) < 4.78 is 1.08. The van der Waals surface area contributed by atoms with Gasteiger partial charge in [0.2, 0.25) is 0 Å². The SMILES string of the molecule is O=C1NC[C@@H]2CN(Cc3cc(Cl)ccc3Br)CCN12. The number of rotatable bonds is 2. The van der Waals surface area contributed by atoms with Crippen molar-refractivity contribution in [2.75, 3.05) is 26.2 Å². The summed E-state index contributed by atoms with van der Waals surface area (Å²) in [4.78, 5) is 15.9. The summed E-state index contributed by atoms with van der Waals surface area (Å²) >= 11 is 9.60. The van der Waals surface area contributed by atoms with Crippen LogP contribution in [0.1, 0.15) is 5.56 Å². The predicted octanol–water partition coefficient (Wildman–Crippen LogP) is 2.31. The molecule has 102 valence electrons. The molecule has 2 fully saturated rings. The molecule has 3 rings (SSSR count). The summed E-state index contributed by atoms with van der Waals surface area (Å²) in [6, 6.07) is 6.24. The number of urea groups is 1. The smallest absolute Gasteiger partial charge is 0.317 e. The Hall–Kier alpha value is -0.780. The number of fused-ring (bicyclic) bond motifs is 1. The molecule has 0 unspecified atom stereocenters. The number of nitrogens with one attached hydrogen (secondary N) is 1. The van der Waals surface area contributed by atoms with Crippen molar-refractivity contribution >= 4 is 33.6 Å². The second kappa shape index (κ2) is 5.31. The van der Waals surface area contributed by atoms with Gasteiger partial charge in [-0.05, 0) is 23.8 Å². The van der Waals surface area contributed by atoms with Crippen molar-refractivity contribution in [2.45, 2.75) is 12.6 Å². The molecule has 2 aliphatic rings. The van der Waals surface area contributed by atoms with Gasteiger partial charge < -0.3 is 10.2 Å². The van der Waals surface area contributed by atoms with E-state index in [-0.39, 0.29) is 6.03 Å². The van der Waals surface area contributed by atoms with Crippen LogP contribution in [0.25, 0.3) is 0 Å². The molecule has 1 N–H and O–H groups in total. The molecule has 2 aliphatic heterocycles. The Morgan fingerprint density at radius 1 is 1.42 bits per heavy atom. The largest absolute Gasteiger partial charge is 0.336 e. The van der Waals surface area contributed by atoms with Crippen LogP contribution in [-0.4, -0.2) is 48.1 Å². The van der Waals surface area contributed by atoms with Gasteiger partial charge in [0.05, 0.1) is 6.04 Å². The van der Waals surface area contributed by atoms with Crippen LogP contribution in [0.4, 0.5) is 4.79 Å². The number of amides is 2. The lowest BCUT2D eigenvalue weighted by atomic mass is 10.1. The number of hydrogen-bond acceptors (Lipinski definition) is 2. The Bertz CT molecular complexity index is 511. The van der Waals surface area contributed by atoms with E-state index in [1.54, 1.807) is 0 Å². The van der Waals surface area contributed by atoms with E-state index in [2.05, 4.69) is 26.1 Å². The van der Waals surface area contributed by atoms with E-state index >= 15 is 0 Å². The first kappa shape index (κ1) is 13.2. The maximum Gasteiger partial charge on any atom is 0.317 e. The number of carbonyl (C=O) groups excluding carboxylic acids is 1. The number of benzene rings is 1. The highest BCUT2D eigenvalue weighted by Gasteiger charge is 2.35. The molecule has 0 radical (unpaired) electrons. The lowest BCUT2D eigenvalue weighted by Gasteiger charge is -2.36. The van der Waals surface area contributed by atoms with Gasteiger partial charge >= 0.3 is 6.03 Å². The van der Waals surface area contributed by atoms with Gasteiger partial charge in [-0.3, -0.25) is 4.90 Å². The molecule has 1 atom stereocenters. The van der Waals surface area contributed by atoms with E-state index in [0.717, 1.165) is 42.2 Å². The Kier molecular flexibility index (Phi) is 3.69. The van der Waals surface area contributed by atoms with Crippen molar-refractivity contribution in [1.82, 2.24) is 15.1 Å². The van der Waals surface area contributed by atoms with E-state index in [1.165, 1.54) is 5.56 Å². The number of hydrogen-bond donors (Lipinski definition) is 1. The molecule has 0 spiro atoms. The number of piperazine rings is 1. The molecular formula is C13H15BrClN3O. The number of carbonyl (C=O) groups is 1. The molecular weight excluding hydrogens is 330 g/mol. The summed E-state index contributed by atoms with van der Waals surface area (Å²) in [5.74, 6) is 0. The standard InChI is InChI=1S/C13H15BrClN3O/c14-12-2-1-10(15)5-9(12)7-17-3-4-18-11(8-17)6-16-13(18)19/h1-2,5,11H,3-4,6-8H2,(H,16,19)/t11-/m1/s1. The normalized spacial score (nSPS) is 23.4. The van der Waals surface area contributed by atoms with Gasteiger partial charge in [-0.2, -0.15) is 0 Å². The van der Waals surface area contributed by atoms with Gasteiger partial charge in [0.1, 0.15) is 0 Å². The molecule has 6 heteroatoms. The van der Waals surface area contributed by atoms with Crippen LogP contribution in [-0.2, 0) is 6.54 Å². The highest BCUT2D eigenvalue weighted by atomic mass is 79.9. The average Bonchev–Trinajstić information content (AvgIpc) is 2.75. The van der Waals surface area contributed by atoms with Crippen LogP contribution in [0.15, 0.2) is 22.7 Å². The predicted molar refractivity (Wildman–Crippen MR) is 78.3 cm³/mol. The topological polar surface area (TPSA) is 35.6 Å². The summed E-state index contributed by atoms with van der Waals surface area (Å²) in [6.07, 6.45) is 0. The first-order chi connectivity index (χ1) is 9.13. The first-order valence-electron chi connectivity index (χ1n) is 6.34. The molecule has 2 saturated heterocycles. The summed E-state index contributed by atoms with van der Waals surface area (Å²) in [5, 5.41) is 3.66. The molecule has 1 aromatic carbocycles. The van der Waals surface area contributed by atoms with Gasteiger partial charge in [0, 0.05) is 42.2 Å². The van der Waals surface area contributed by atoms with Crippen LogP contribution in [0.5, 0.6) is 0 Å². The minimum Gasteiger partial charge on any atom is -0.336 e. The zero-order chi connectivity index (χ0) is 13.4. The second-order valence-corrected chi connectivity index (χ2v) is 6.29.